The van der Waals surface area contributed by atoms with E-state index in [2.05, 4.69) is 20.9 Å². The summed E-state index contributed by atoms with van der Waals surface area (Å²) in [4.78, 5) is 42.8. The van der Waals surface area contributed by atoms with Gasteiger partial charge in [-0.2, -0.15) is 0 Å². The highest BCUT2D eigenvalue weighted by atomic mass is 32.2. The van der Waals surface area contributed by atoms with Crippen molar-refractivity contribution in [3.63, 3.8) is 0 Å². The summed E-state index contributed by atoms with van der Waals surface area (Å²) in [5, 5.41) is 10.4. The van der Waals surface area contributed by atoms with E-state index in [1.165, 1.54) is 53.4 Å². The van der Waals surface area contributed by atoms with Crippen LogP contribution in [0.3, 0.4) is 0 Å². The number of aromatic nitrogens is 1. The average Bonchev–Trinajstić information content (AvgIpc) is 3.42. The van der Waals surface area contributed by atoms with Crippen LogP contribution in [0.5, 0.6) is 0 Å². The first-order valence-corrected chi connectivity index (χ1v) is 12.9. The van der Waals surface area contributed by atoms with Crippen LogP contribution in [0.4, 0.5) is 15.2 Å². The fourth-order valence-corrected chi connectivity index (χ4v) is 4.42. The number of nitrogens with one attached hydrogen (secondary N) is 3. The van der Waals surface area contributed by atoms with Crippen molar-refractivity contribution in [2.75, 3.05) is 16.4 Å². The maximum atomic E-state index is 13.3. The second-order valence-electron chi connectivity index (χ2n) is 7.59. The smallest absolute Gasteiger partial charge is 0.272 e. The van der Waals surface area contributed by atoms with Crippen LogP contribution in [0.1, 0.15) is 15.9 Å². The zero-order valence-electron chi connectivity index (χ0n) is 19.3. The van der Waals surface area contributed by atoms with Crippen molar-refractivity contribution in [3.8, 4) is 0 Å². The van der Waals surface area contributed by atoms with Gasteiger partial charge in [0.05, 0.1) is 5.75 Å². The van der Waals surface area contributed by atoms with Crippen molar-refractivity contribution in [2.24, 2.45) is 0 Å². The maximum Gasteiger partial charge on any atom is 0.272 e. The molecule has 1 heterocycles. The van der Waals surface area contributed by atoms with Gasteiger partial charge in [-0.05, 0) is 54.1 Å². The number of nitrogens with zero attached hydrogens (tertiary/aromatic N) is 1. The van der Waals surface area contributed by atoms with Gasteiger partial charge in [0.1, 0.15) is 11.5 Å². The lowest BCUT2D eigenvalue weighted by atomic mass is 10.1. The molecule has 4 rings (SSSR count). The van der Waals surface area contributed by atoms with Crippen LogP contribution in [0, 0.1) is 5.82 Å². The van der Waals surface area contributed by atoms with Crippen LogP contribution in [0.25, 0.3) is 6.08 Å². The number of hydrogen-bond acceptors (Lipinski definition) is 6. The Morgan fingerprint density at radius 2 is 1.73 bits per heavy atom. The largest absolute Gasteiger partial charge is 0.321 e. The number of thiazole rings is 1. The number of thioether (sulfide) groups is 1. The Labute approximate surface area is 220 Å². The first kappa shape index (κ1) is 25.8. The highest BCUT2D eigenvalue weighted by Crippen LogP contribution is 2.23. The minimum absolute atomic E-state index is 0.0126. The van der Waals surface area contributed by atoms with Crippen molar-refractivity contribution in [3.05, 3.63) is 113 Å². The first-order chi connectivity index (χ1) is 18.0. The average molecular weight is 533 g/mol. The van der Waals surface area contributed by atoms with Crippen molar-refractivity contribution < 1.29 is 18.8 Å². The van der Waals surface area contributed by atoms with Gasteiger partial charge < -0.3 is 16.0 Å². The van der Waals surface area contributed by atoms with Gasteiger partial charge in [0.25, 0.3) is 11.8 Å². The van der Waals surface area contributed by atoms with Gasteiger partial charge in [0.15, 0.2) is 5.13 Å². The fourth-order valence-electron chi connectivity index (χ4n) is 3.12. The van der Waals surface area contributed by atoms with Gasteiger partial charge in [-0.15, -0.1) is 23.1 Å². The molecule has 0 spiro atoms. The minimum Gasteiger partial charge on any atom is -0.321 e. The number of rotatable bonds is 9. The van der Waals surface area contributed by atoms with Crippen molar-refractivity contribution >= 4 is 57.7 Å². The molecule has 0 bridgehead atoms. The number of anilines is 2. The summed E-state index contributed by atoms with van der Waals surface area (Å²) in [5.74, 6) is -1.45. The molecule has 3 N–H and O–H groups in total. The molecule has 0 aliphatic heterocycles. The highest BCUT2D eigenvalue weighted by Gasteiger charge is 2.15. The summed E-state index contributed by atoms with van der Waals surface area (Å²) in [6, 6.07) is 21.0. The molecule has 0 unspecified atom stereocenters. The molecule has 3 aromatic carbocycles. The summed E-state index contributed by atoms with van der Waals surface area (Å²) >= 11 is 2.64. The molecule has 0 fully saturated rings. The normalized spacial score (nSPS) is 11.0. The Morgan fingerprint density at radius 1 is 0.946 bits per heavy atom. The molecule has 10 heteroatoms. The van der Waals surface area contributed by atoms with Crippen molar-refractivity contribution in [2.45, 2.75) is 4.90 Å². The molecule has 0 radical (unpaired) electrons. The Balaban J connectivity index is 1.46. The van der Waals surface area contributed by atoms with E-state index in [1.54, 1.807) is 60.1 Å². The molecule has 4 aromatic rings. The molecule has 37 heavy (non-hydrogen) atoms. The minimum atomic E-state index is -0.558. The Morgan fingerprint density at radius 3 is 2.46 bits per heavy atom. The maximum absolute atomic E-state index is 13.3. The van der Waals surface area contributed by atoms with Gasteiger partial charge in [-0.3, -0.25) is 14.4 Å². The first-order valence-electron chi connectivity index (χ1n) is 11.0. The molecule has 0 atom stereocenters. The zero-order chi connectivity index (χ0) is 26.0. The van der Waals surface area contributed by atoms with Gasteiger partial charge in [0.2, 0.25) is 5.91 Å². The Hall–Kier alpha value is -4.28. The summed E-state index contributed by atoms with van der Waals surface area (Å²) in [5.41, 5.74) is 1.39. The van der Waals surface area contributed by atoms with E-state index >= 15 is 0 Å². The molecular formula is C27H21FN4O3S2. The summed E-state index contributed by atoms with van der Waals surface area (Å²) < 4.78 is 13.3. The number of carbonyl (C=O) groups is 3. The number of amides is 3. The van der Waals surface area contributed by atoms with Gasteiger partial charge in [0, 0.05) is 27.7 Å². The van der Waals surface area contributed by atoms with Crippen LogP contribution >= 0.6 is 23.1 Å². The molecule has 3 amide bonds. The van der Waals surface area contributed by atoms with E-state index in [9.17, 15) is 18.8 Å². The Bertz CT molecular complexity index is 1410. The fraction of sp³-hybridized carbons (Fsp3) is 0.0370. The highest BCUT2D eigenvalue weighted by molar-refractivity contribution is 8.00. The monoisotopic (exact) mass is 532 g/mol. The van der Waals surface area contributed by atoms with Gasteiger partial charge in [-0.1, -0.05) is 36.4 Å². The number of hydrogen-bond donors (Lipinski definition) is 3. The van der Waals surface area contributed by atoms with Crippen LogP contribution in [-0.4, -0.2) is 28.5 Å². The third-order valence-electron chi connectivity index (χ3n) is 4.85. The predicted octanol–water partition coefficient (Wildman–Crippen LogP) is 5.42. The van der Waals surface area contributed by atoms with Crippen LogP contribution < -0.4 is 16.0 Å². The molecular weight excluding hydrogens is 511 g/mol. The lowest BCUT2D eigenvalue weighted by Crippen LogP contribution is -2.30. The SMILES string of the molecule is O=C(CSc1cccc(NC(=O)/C(=C/c2ccc(F)cc2)NC(=O)c2ccccc2)c1)Nc1nccs1. The number of halogens is 1. The quantitative estimate of drug-likeness (QED) is 0.197. The summed E-state index contributed by atoms with van der Waals surface area (Å²) in [7, 11) is 0. The molecule has 186 valence electrons. The van der Waals surface area contributed by atoms with E-state index < -0.39 is 17.6 Å². The predicted molar refractivity (Wildman–Crippen MR) is 145 cm³/mol. The van der Waals surface area contributed by atoms with Crippen LogP contribution in [0.2, 0.25) is 0 Å². The molecule has 0 aliphatic rings. The van der Waals surface area contributed by atoms with Crippen LogP contribution in [0.15, 0.2) is 101 Å². The molecule has 1 aromatic heterocycles. The Kier molecular flexibility index (Phi) is 8.79. The van der Waals surface area contributed by atoms with Crippen LogP contribution in [-0.2, 0) is 9.59 Å². The van der Waals surface area contributed by atoms with Gasteiger partial charge >= 0.3 is 0 Å². The lowest BCUT2D eigenvalue weighted by molar-refractivity contribution is -0.114. The van der Waals surface area contributed by atoms with Crippen molar-refractivity contribution in [1.82, 2.24) is 10.3 Å². The standard InChI is InChI=1S/C27H21FN4O3S2/c28-20-11-9-18(10-12-20)15-23(31-25(34)19-5-2-1-3-6-19)26(35)30-21-7-4-8-22(16-21)37-17-24(33)32-27-29-13-14-36-27/h1-16H,17H2,(H,30,35)(H,31,34)(H,29,32,33)/b23-15-. The third-order valence-corrected chi connectivity index (χ3v) is 6.53. The summed E-state index contributed by atoms with van der Waals surface area (Å²) in [6.45, 7) is 0. The molecule has 0 saturated carbocycles. The van der Waals surface area contributed by atoms with E-state index in [0.717, 1.165) is 4.90 Å². The zero-order valence-corrected chi connectivity index (χ0v) is 20.9. The molecule has 0 saturated heterocycles. The molecule has 0 aliphatic carbocycles. The van der Waals surface area contributed by atoms with E-state index in [0.29, 0.717) is 21.9 Å². The lowest BCUT2D eigenvalue weighted by Gasteiger charge is -2.12. The summed E-state index contributed by atoms with van der Waals surface area (Å²) in [6.07, 6.45) is 3.08. The number of carbonyl (C=O) groups excluding carboxylic acids is 3. The van der Waals surface area contributed by atoms with E-state index in [-0.39, 0.29) is 17.4 Å². The second-order valence-corrected chi connectivity index (χ2v) is 9.53. The second kappa shape index (κ2) is 12.6. The van der Waals surface area contributed by atoms with Gasteiger partial charge in [-0.25, -0.2) is 9.37 Å². The topological polar surface area (TPSA) is 100 Å². The third kappa shape index (κ3) is 7.86. The number of benzene rings is 3. The van der Waals surface area contributed by atoms with E-state index in [1.807, 2.05) is 6.07 Å². The molecule has 7 nitrogen and oxygen atoms in total. The van der Waals surface area contributed by atoms with E-state index in [4.69, 9.17) is 0 Å². The van der Waals surface area contributed by atoms with Crippen molar-refractivity contribution in [1.29, 1.82) is 0 Å².